The van der Waals surface area contributed by atoms with E-state index < -0.39 is 5.41 Å². The Hall–Kier alpha value is -2.48. The third-order valence-corrected chi connectivity index (χ3v) is 8.49. The molecule has 1 aromatic carbocycles. The highest BCUT2D eigenvalue weighted by Gasteiger charge is 2.51. The molecular formula is C26H38N4O4. The number of carbonyl (C=O) groups excluding carboxylic acids is 2. The first-order chi connectivity index (χ1) is 16.5. The highest BCUT2D eigenvalue weighted by Crippen LogP contribution is 2.42. The topological polar surface area (TPSA) is 76.6 Å². The number of nitrogens with zero attached hydrogens (tertiary/aromatic N) is 4. The predicted molar refractivity (Wildman–Crippen MR) is 130 cm³/mol. The number of hydrogen-bond acceptors (Lipinski definition) is 5. The van der Waals surface area contributed by atoms with Gasteiger partial charge in [-0.15, -0.1) is 0 Å². The first kappa shape index (κ1) is 23.3. The maximum absolute atomic E-state index is 13.5. The second-order valence-corrected chi connectivity index (χ2v) is 10.5. The molecular weight excluding hydrogens is 432 g/mol. The van der Waals surface area contributed by atoms with E-state index in [1.54, 1.807) is 7.11 Å². The van der Waals surface area contributed by atoms with Gasteiger partial charge in [0.25, 0.3) is 0 Å². The van der Waals surface area contributed by atoms with Crippen molar-refractivity contribution in [1.82, 2.24) is 14.7 Å². The van der Waals surface area contributed by atoms with Gasteiger partial charge in [0.15, 0.2) is 0 Å². The van der Waals surface area contributed by atoms with Gasteiger partial charge >= 0.3 is 6.03 Å². The molecule has 4 aliphatic rings. The lowest BCUT2D eigenvalue weighted by Crippen LogP contribution is -2.57. The Bertz CT molecular complexity index is 877. The van der Waals surface area contributed by atoms with Crippen LogP contribution in [0, 0.1) is 5.41 Å². The van der Waals surface area contributed by atoms with Crippen LogP contribution in [0.3, 0.4) is 0 Å². The van der Waals surface area contributed by atoms with E-state index >= 15 is 0 Å². The SMILES string of the molecule is COc1ccc(N2CCN(C(=O)N3CCCC4(CCN(C5CCC(O)CC5)C4=O)C3)CC2)cc1. The quantitative estimate of drug-likeness (QED) is 0.735. The van der Waals surface area contributed by atoms with Crippen LogP contribution in [0.1, 0.15) is 44.9 Å². The normalized spacial score (nSPS) is 30.2. The molecule has 4 fully saturated rings. The van der Waals surface area contributed by atoms with Gasteiger partial charge in [0, 0.05) is 57.5 Å². The molecule has 8 nitrogen and oxygen atoms in total. The van der Waals surface area contributed by atoms with E-state index in [1.807, 2.05) is 21.9 Å². The first-order valence-corrected chi connectivity index (χ1v) is 12.9. The van der Waals surface area contributed by atoms with Gasteiger partial charge < -0.3 is 29.4 Å². The maximum atomic E-state index is 13.5. The fourth-order valence-electron chi connectivity index (χ4n) is 6.39. The molecule has 3 amide bonds. The average molecular weight is 471 g/mol. The van der Waals surface area contributed by atoms with Crippen molar-refractivity contribution >= 4 is 17.6 Å². The Morgan fingerprint density at radius 3 is 2.32 bits per heavy atom. The minimum absolute atomic E-state index is 0.0838. The summed E-state index contributed by atoms with van der Waals surface area (Å²) in [6, 6.07) is 8.41. The van der Waals surface area contributed by atoms with Crippen molar-refractivity contribution in [2.75, 3.05) is 57.8 Å². The van der Waals surface area contributed by atoms with Crippen LogP contribution >= 0.6 is 0 Å². The summed E-state index contributed by atoms with van der Waals surface area (Å²) in [4.78, 5) is 35.2. The zero-order valence-electron chi connectivity index (χ0n) is 20.3. The molecule has 34 heavy (non-hydrogen) atoms. The second kappa shape index (κ2) is 9.64. The van der Waals surface area contributed by atoms with Crippen molar-refractivity contribution in [2.45, 2.75) is 57.1 Å². The van der Waals surface area contributed by atoms with Gasteiger partial charge in [0.05, 0.1) is 18.6 Å². The van der Waals surface area contributed by atoms with E-state index in [2.05, 4.69) is 21.9 Å². The summed E-state index contributed by atoms with van der Waals surface area (Å²) in [6.45, 7) is 5.08. The summed E-state index contributed by atoms with van der Waals surface area (Å²) in [5, 5.41) is 9.84. The molecule has 3 heterocycles. The molecule has 186 valence electrons. The number of urea groups is 1. The number of ether oxygens (including phenoxy) is 1. The molecule has 1 atom stereocenters. The number of piperidine rings is 1. The van der Waals surface area contributed by atoms with Crippen LogP contribution in [-0.4, -0.2) is 96.8 Å². The molecule has 0 bridgehead atoms. The van der Waals surface area contributed by atoms with Crippen LogP contribution in [0.15, 0.2) is 24.3 Å². The van der Waals surface area contributed by atoms with E-state index in [9.17, 15) is 14.7 Å². The molecule has 1 unspecified atom stereocenters. The summed E-state index contributed by atoms with van der Waals surface area (Å²) in [5.41, 5.74) is 0.742. The monoisotopic (exact) mass is 470 g/mol. The number of hydrogen-bond donors (Lipinski definition) is 1. The number of likely N-dealkylation sites (tertiary alicyclic amines) is 2. The van der Waals surface area contributed by atoms with Gasteiger partial charge in [0.1, 0.15) is 5.75 Å². The van der Waals surface area contributed by atoms with Gasteiger partial charge in [-0.05, 0) is 69.2 Å². The van der Waals surface area contributed by atoms with Crippen molar-refractivity contribution in [3.8, 4) is 5.75 Å². The van der Waals surface area contributed by atoms with E-state index in [-0.39, 0.29) is 24.1 Å². The van der Waals surface area contributed by atoms with Gasteiger partial charge in [-0.3, -0.25) is 4.79 Å². The number of aliphatic hydroxyl groups is 1. The minimum Gasteiger partial charge on any atom is -0.497 e. The van der Waals surface area contributed by atoms with E-state index in [1.165, 1.54) is 0 Å². The van der Waals surface area contributed by atoms with Crippen molar-refractivity contribution in [2.24, 2.45) is 5.41 Å². The number of anilines is 1. The number of methoxy groups -OCH3 is 1. The summed E-state index contributed by atoms with van der Waals surface area (Å²) in [5.74, 6) is 1.09. The van der Waals surface area contributed by atoms with Crippen molar-refractivity contribution in [3.05, 3.63) is 24.3 Å². The largest absolute Gasteiger partial charge is 0.497 e. The molecule has 0 radical (unpaired) electrons. The number of amides is 3. The molecule has 1 aromatic rings. The Morgan fingerprint density at radius 1 is 0.941 bits per heavy atom. The first-order valence-electron chi connectivity index (χ1n) is 12.9. The Labute approximate surface area is 202 Å². The Balaban J connectivity index is 1.17. The van der Waals surface area contributed by atoms with Crippen LogP contribution < -0.4 is 9.64 Å². The zero-order valence-corrected chi connectivity index (χ0v) is 20.3. The number of piperazine rings is 1. The third-order valence-electron chi connectivity index (χ3n) is 8.49. The molecule has 8 heteroatoms. The number of aliphatic hydroxyl groups excluding tert-OH is 1. The number of benzene rings is 1. The van der Waals surface area contributed by atoms with E-state index in [0.717, 1.165) is 82.6 Å². The van der Waals surface area contributed by atoms with Gasteiger partial charge in [-0.2, -0.15) is 0 Å². The number of rotatable bonds is 3. The van der Waals surface area contributed by atoms with E-state index in [4.69, 9.17) is 4.74 Å². The van der Waals surface area contributed by atoms with Gasteiger partial charge in [-0.1, -0.05) is 0 Å². The van der Waals surface area contributed by atoms with Crippen LogP contribution in [0.4, 0.5) is 10.5 Å². The van der Waals surface area contributed by atoms with Crippen LogP contribution in [0.25, 0.3) is 0 Å². The Kier molecular flexibility index (Phi) is 6.60. The summed E-state index contributed by atoms with van der Waals surface area (Å²) >= 11 is 0. The second-order valence-electron chi connectivity index (χ2n) is 10.5. The zero-order chi connectivity index (χ0) is 23.7. The van der Waals surface area contributed by atoms with Crippen LogP contribution in [-0.2, 0) is 4.79 Å². The lowest BCUT2D eigenvalue weighted by molar-refractivity contribution is -0.141. The average Bonchev–Trinajstić information content (AvgIpc) is 3.19. The van der Waals surface area contributed by atoms with Crippen molar-refractivity contribution in [1.29, 1.82) is 0 Å². The maximum Gasteiger partial charge on any atom is 0.320 e. The van der Waals surface area contributed by atoms with Crippen molar-refractivity contribution in [3.63, 3.8) is 0 Å². The molecule has 3 aliphatic heterocycles. The van der Waals surface area contributed by atoms with Crippen LogP contribution in [0.2, 0.25) is 0 Å². The highest BCUT2D eigenvalue weighted by atomic mass is 16.5. The fraction of sp³-hybridized carbons (Fsp3) is 0.692. The summed E-state index contributed by atoms with van der Waals surface area (Å²) < 4.78 is 5.25. The molecule has 5 rings (SSSR count). The molecule has 1 spiro atoms. The van der Waals surface area contributed by atoms with E-state index in [0.29, 0.717) is 19.6 Å². The summed E-state index contributed by atoms with van der Waals surface area (Å²) in [6.07, 6.45) is 5.76. The molecule has 3 saturated heterocycles. The van der Waals surface area contributed by atoms with Gasteiger partial charge in [-0.25, -0.2) is 4.79 Å². The van der Waals surface area contributed by atoms with Crippen LogP contribution in [0.5, 0.6) is 5.75 Å². The molecule has 1 aliphatic carbocycles. The highest BCUT2D eigenvalue weighted by molar-refractivity contribution is 5.86. The van der Waals surface area contributed by atoms with Gasteiger partial charge in [0.2, 0.25) is 5.91 Å². The standard InChI is InChI=1S/C26H38N4O4/c1-34-23-9-5-20(6-10-23)27-15-17-28(18-16-27)25(33)29-13-2-11-26(19-29)12-14-30(24(26)32)21-3-7-22(31)8-4-21/h5-6,9-10,21-22,31H,2-4,7-8,11-19H2,1H3. The lowest BCUT2D eigenvalue weighted by atomic mass is 9.78. The third kappa shape index (κ3) is 4.44. The smallest absolute Gasteiger partial charge is 0.320 e. The number of carbonyl (C=O) groups is 2. The lowest BCUT2D eigenvalue weighted by Gasteiger charge is -2.43. The molecule has 1 N–H and O–H groups in total. The molecule has 0 aromatic heterocycles. The molecule has 1 saturated carbocycles. The van der Waals surface area contributed by atoms with Crippen molar-refractivity contribution < 1.29 is 19.4 Å². The minimum atomic E-state index is -0.408. The Morgan fingerprint density at radius 2 is 1.65 bits per heavy atom. The summed E-state index contributed by atoms with van der Waals surface area (Å²) in [7, 11) is 1.67. The predicted octanol–water partition coefficient (Wildman–Crippen LogP) is 2.56. The fourth-order valence-corrected chi connectivity index (χ4v) is 6.39.